The van der Waals surface area contributed by atoms with Gasteiger partial charge in [-0.3, -0.25) is 4.79 Å². The predicted molar refractivity (Wildman–Crippen MR) is 151 cm³/mol. The van der Waals surface area contributed by atoms with Crippen LogP contribution in [-0.4, -0.2) is 41.5 Å². The molecular formula is C31H35ClN2O3. The molecule has 0 radical (unpaired) electrons. The van der Waals surface area contributed by atoms with Crippen molar-refractivity contribution in [2.45, 2.75) is 58.5 Å². The molecule has 1 unspecified atom stereocenters. The SMILES string of the molecule is CCC(c1ccc(Cl)c(C)c1)N(C)c1cccc(-c2cc(C)c(C(=O)N(C)C3(C(=O)O)CC3)c(C)c2)c1. The van der Waals surface area contributed by atoms with Crippen molar-refractivity contribution in [2.24, 2.45) is 0 Å². The number of aliphatic carboxylic acids is 1. The maximum Gasteiger partial charge on any atom is 0.329 e. The molecule has 0 spiro atoms. The van der Waals surface area contributed by atoms with Crippen LogP contribution in [-0.2, 0) is 4.79 Å². The van der Waals surface area contributed by atoms with Gasteiger partial charge in [0.2, 0.25) is 0 Å². The number of nitrogens with zero attached hydrogens (tertiary/aromatic N) is 2. The molecule has 37 heavy (non-hydrogen) atoms. The van der Waals surface area contributed by atoms with Crippen molar-refractivity contribution in [3.63, 3.8) is 0 Å². The van der Waals surface area contributed by atoms with Crippen LogP contribution in [0, 0.1) is 20.8 Å². The number of rotatable bonds is 8. The van der Waals surface area contributed by atoms with Crippen LogP contribution in [0.4, 0.5) is 5.69 Å². The number of likely N-dealkylation sites (N-methyl/N-ethyl adjacent to an activating group) is 1. The highest BCUT2D eigenvalue weighted by molar-refractivity contribution is 6.31. The maximum atomic E-state index is 13.3. The third kappa shape index (κ3) is 4.97. The number of hydrogen-bond donors (Lipinski definition) is 1. The standard InChI is InChI=1S/C31H35ClN2O3/c1-7-27(23-11-12-26(32)19(2)15-23)33(5)25-10-8-9-22(18-25)24-16-20(3)28(21(4)17-24)29(35)34(6)31(13-14-31)30(36)37/h8-12,15-18,27H,7,13-14H2,1-6H3,(H,36,37). The summed E-state index contributed by atoms with van der Waals surface area (Å²) in [5.41, 5.74) is 6.69. The molecule has 1 N–H and O–H groups in total. The molecule has 1 saturated carbocycles. The van der Waals surface area contributed by atoms with Gasteiger partial charge in [-0.05, 0) is 91.6 Å². The first-order chi connectivity index (χ1) is 17.5. The first-order valence-corrected chi connectivity index (χ1v) is 13.1. The van der Waals surface area contributed by atoms with Gasteiger partial charge < -0.3 is 14.9 Å². The number of carboxylic acid groups (broad SMARTS) is 1. The molecule has 3 aromatic rings. The number of carbonyl (C=O) groups is 2. The quantitative estimate of drug-likeness (QED) is 0.342. The monoisotopic (exact) mass is 518 g/mol. The predicted octanol–water partition coefficient (Wildman–Crippen LogP) is 7.21. The Hall–Kier alpha value is -3.31. The van der Waals surface area contributed by atoms with Crippen molar-refractivity contribution < 1.29 is 14.7 Å². The summed E-state index contributed by atoms with van der Waals surface area (Å²) in [6.07, 6.45) is 1.94. The number of hydrogen-bond acceptors (Lipinski definition) is 3. The van der Waals surface area contributed by atoms with E-state index in [1.54, 1.807) is 7.05 Å². The zero-order valence-corrected chi connectivity index (χ0v) is 23.2. The van der Waals surface area contributed by atoms with Gasteiger partial charge in [0.25, 0.3) is 5.91 Å². The molecule has 1 aliphatic carbocycles. The molecule has 1 amide bonds. The number of halogens is 1. The first-order valence-electron chi connectivity index (χ1n) is 12.7. The molecule has 4 rings (SSSR count). The minimum atomic E-state index is -1.06. The van der Waals surface area contributed by atoms with E-state index in [9.17, 15) is 14.7 Å². The van der Waals surface area contributed by atoms with Crippen molar-refractivity contribution in [1.82, 2.24) is 4.90 Å². The molecule has 1 atom stereocenters. The molecule has 194 valence electrons. The van der Waals surface area contributed by atoms with Gasteiger partial charge >= 0.3 is 5.97 Å². The van der Waals surface area contributed by atoms with Crippen LogP contribution in [0.5, 0.6) is 0 Å². The lowest BCUT2D eigenvalue weighted by atomic mass is 9.94. The normalized spacial score (nSPS) is 14.7. The van der Waals surface area contributed by atoms with Crippen molar-refractivity contribution >= 4 is 29.2 Å². The largest absolute Gasteiger partial charge is 0.479 e. The van der Waals surface area contributed by atoms with Gasteiger partial charge in [0.1, 0.15) is 5.54 Å². The second kappa shape index (κ2) is 10.2. The van der Waals surface area contributed by atoms with Gasteiger partial charge in [-0.15, -0.1) is 0 Å². The van der Waals surface area contributed by atoms with E-state index in [1.165, 1.54) is 10.5 Å². The summed E-state index contributed by atoms with van der Waals surface area (Å²) in [6.45, 7) is 8.06. The lowest BCUT2D eigenvalue weighted by Gasteiger charge is -2.30. The zero-order valence-electron chi connectivity index (χ0n) is 22.4. The van der Waals surface area contributed by atoms with E-state index in [1.807, 2.05) is 39.0 Å². The Morgan fingerprint density at radius 3 is 2.14 bits per heavy atom. The Morgan fingerprint density at radius 1 is 0.946 bits per heavy atom. The molecule has 5 nitrogen and oxygen atoms in total. The average molecular weight is 519 g/mol. The van der Waals surface area contributed by atoms with Gasteiger partial charge in [0.15, 0.2) is 0 Å². The summed E-state index contributed by atoms with van der Waals surface area (Å²) < 4.78 is 0. The minimum absolute atomic E-state index is 0.203. The lowest BCUT2D eigenvalue weighted by molar-refractivity contribution is -0.143. The molecular weight excluding hydrogens is 484 g/mol. The van der Waals surface area contributed by atoms with E-state index in [4.69, 9.17) is 11.6 Å². The zero-order chi connectivity index (χ0) is 27.1. The Morgan fingerprint density at radius 2 is 1.59 bits per heavy atom. The molecule has 6 heteroatoms. The number of aryl methyl sites for hydroxylation is 3. The summed E-state index contributed by atoms with van der Waals surface area (Å²) in [6, 6.07) is 18.9. The first kappa shape index (κ1) is 26.7. The van der Waals surface area contributed by atoms with Crippen molar-refractivity contribution in [3.05, 3.63) is 87.4 Å². The third-order valence-electron chi connectivity index (χ3n) is 7.82. The second-order valence-corrected chi connectivity index (χ2v) is 10.7. The Bertz CT molecular complexity index is 1340. The molecule has 3 aromatic carbocycles. The Kier molecular flexibility index (Phi) is 7.38. The molecule has 1 fully saturated rings. The van der Waals surface area contributed by atoms with Crippen molar-refractivity contribution in [3.8, 4) is 11.1 Å². The maximum absolute atomic E-state index is 13.3. The van der Waals surface area contributed by atoms with Gasteiger partial charge in [0.05, 0.1) is 6.04 Å². The fourth-order valence-electron chi connectivity index (χ4n) is 5.33. The van der Waals surface area contributed by atoms with Crippen LogP contribution in [0.1, 0.15) is 64.8 Å². The van der Waals surface area contributed by atoms with E-state index >= 15 is 0 Å². The van der Waals surface area contributed by atoms with Crippen LogP contribution >= 0.6 is 11.6 Å². The number of benzene rings is 3. The highest BCUT2D eigenvalue weighted by atomic mass is 35.5. The molecule has 1 aliphatic rings. The number of anilines is 1. The van der Waals surface area contributed by atoms with E-state index in [2.05, 4.69) is 55.3 Å². The van der Waals surface area contributed by atoms with E-state index in [-0.39, 0.29) is 11.9 Å². The molecule has 0 aromatic heterocycles. The van der Waals surface area contributed by atoms with Crippen LogP contribution in [0.3, 0.4) is 0 Å². The van der Waals surface area contributed by atoms with Gasteiger partial charge in [-0.2, -0.15) is 0 Å². The number of amides is 1. The summed E-state index contributed by atoms with van der Waals surface area (Å²) >= 11 is 6.26. The number of carboxylic acids is 1. The van der Waals surface area contributed by atoms with Gasteiger partial charge in [-0.25, -0.2) is 4.79 Å². The molecule has 0 heterocycles. The average Bonchev–Trinajstić information content (AvgIpc) is 3.68. The Labute approximate surface area is 224 Å². The van der Waals surface area contributed by atoms with Crippen molar-refractivity contribution in [1.29, 1.82) is 0 Å². The summed E-state index contributed by atoms with van der Waals surface area (Å²) in [5.74, 6) is -1.17. The third-order valence-corrected chi connectivity index (χ3v) is 8.25. The highest BCUT2D eigenvalue weighted by Gasteiger charge is 2.55. The lowest BCUT2D eigenvalue weighted by Crippen LogP contribution is -2.45. The summed E-state index contributed by atoms with van der Waals surface area (Å²) in [7, 11) is 3.71. The van der Waals surface area contributed by atoms with Crippen molar-refractivity contribution in [2.75, 3.05) is 19.0 Å². The van der Waals surface area contributed by atoms with Crippen LogP contribution in [0.15, 0.2) is 54.6 Å². The topological polar surface area (TPSA) is 60.9 Å². The van der Waals surface area contributed by atoms with E-state index in [0.717, 1.165) is 44.9 Å². The highest BCUT2D eigenvalue weighted by Crippen LogP contribution is 2.42. The summed E-state index contributed by atoms with van der Waals surface area (Å²) in [4.78, 5) is 28.7. The van der Waals surface area contributed by atoms with Crippen LogP contribution < -0.4 is 4.90 Å². The molecule has 0 aliphatic heterocycles. The van der Waals surface area contributed by atoms with Crippen LogP contribution in [0.25, 0.3) is 11.1 Å². The second-order valence-electron chi connectivity index (χ2n) is 10.3. The molecule has 0 saturated heterocycles. The smallest absolute Gasteiger partial charge is 0.329 e. The minimum Gasteiger partial charge on any atom is -0.479 e. The number of carbonyl (C=O) groups excluding carboxylic acids is 1. The van der Waals surface area contributed by atoms with Crippen LogP contribution in [0.2, 0.25) is 5.02 Å². The fraction of sp³-hybridized carbons (Fsp3) is 0.355. The Balaban J connectivity index is 1.64. The van der Waals surface area contributed by atoms with E-state index < -0.39 is 11.5 Å². The molecule has 0 bridgehead atoms. The van der Waals surface area contributed by atoms with Gasteiger partial charge in [0, 0.05) is 30.4 Å². The van der Waals surface area contributed by atoms with Gasteiger partial charge in [-0.1, -0.05) is 54.9 Å². The fourth-order valence-corrected chi connectivity index (χ4v) is 5.45. The summed E-state index contributed by atoms with van der Waals surface area (Å²) in [5, 5.41) is 10.4. The van der Waals surface area contributed by atoms with E-state index in [0.29, 0.717) is 18.4 Å².